The molecule has 0 rings (SSSR count). The van der Waals surface area contributed by atoms with E-state index in [0.29, 0.717) is 0 Å². The molecule has 7 heavy (non-hydrogen) atoms. The summed E-state index contributed by atoms with van der Waals surface area (Å²) in [6, 6.07) is 0. The minimum atomic E-state index is -2.60. The van der Waals surface area contributed by atoms with Crippen LogP contribution in [0.5, 0.6) is 0 Å². The van der Waals surface area contributed by atoms with E-state index in [9.17, 15) is 8.60 Å². The monoisotopic (exact) mass is 124 g/mol. The molecule has 0 aliphatic rings. The second kappa shape index (κ2) is 1.74. The van der Waals surface area contributed by atoms with Crippen LogP contribution in [-0.4, -0.2) is 16.7 Å². The molecule has 44 valence electrons. The van der Waals surface area contributed by atoms with Gasteiger partial charge >= 0.3 is 0 Å². The zero-order chi connectivity index (χ0) is 6.08. The molecule has 0 heterocycles. The maximum atomic E-state index is 11.8. The molecule has 0 N–H and O–H groups in total. The van der Waals surface area contributed by atoms with E-state index in [0.717, 1.165) is 0 Å². The molecular weight excluding hydrogens is 115 g/mol. The van der Waals surface area contributed by atoms with Gasteiger partial charge in [-0.05, 0) is 12.5 Å². The number of halogens is 1. The molecule has 0 aliphatic heterocycles. The highest BCUT2D eigenvalue weighted by Gasteiger charge is 2.01. The van der Waals surface area contributed by atoms with Crippen molar-refractivity contribution in [2.75, 3.05) is 12.5 Å². The molecule has 1 nitrogen and oxygen atoms in total. The minimum Gasteiger partial charge on any atom is -0.279 e. The highest BCUT2D eigenvalue weighted by molar-refractivity contribution is 8.05. The molecule has 0 aromatic heterocycles. The summed E-state index contributed by atoms with van der Waals surface area (Å²) in [7, 11) is -2.60. The lowest BCUT2D eigenvalue weighted by molar-refractivity contribution is 0.647. The van der Waals surface area contributed by atoms with Gasteiger partial charge in [0.05, 0.1) is 0 Å². The van der Waals surface area contributed by atoms with E-state index >= 15 is 0 Å². The van der Waals surface area contributed by atoms with E-state index in [1.54, 1.807) is 0 Å². The molecule has 3 heteroatoms. The average molecular weight is 124 g/mol. The van der Waals surface area contributed by atoms with Gasteiger partial charge in [-0.15, -0.1) is 0 Å². The highest BCUT2D eigenvalue weighted by Crippen LogP contribution is 2.06. The summed E-state index contributed by atoms with van der Waals surface area (Å²) in [6.07, 6.45) is 2.69. The van der Waals surface area contributed by atoms with Gasteiger partial charge in [-0.2, -0.15) is 4.39 Å². The second-order valence-electron chi connectivity index (χ2n) is 1.73. The van der Waals surface area contributed by atoms with E-state index in [1.807, 2.05) is 0 Å². The molecule has 0 spiro atoms. The second-order valence-corrected chi connectivity index (χ2v) is 4.91. The van der Waals surface area contributed by atoms with Crippen LogP contribution in [-0.2, 0) is 9.93 Å². The normalized spacial score (nSPS) is 13.6. The lowest BCUT2D eigenvalue weighted by Crippen LogP contribution is -2.03. The molecule has 0 aromatic rings. The van der Waals surface area contributed by atoms with Gasteiger partial charge in [0.15, 0.2) is 5.16 Å². The molecule has 0 unspecified atom stereocenters. The Morgan fingerprint density at radius 1 is 1.71 bits per heavy atom. The van der Waals surface area contributed by atoms with Crippen LogP contribution in [0.15, 0.2) is 11.7 Å². The molecule has 0 atom stereocenters. The van der Waals surface area contributed by atoms with Gasteiger partial charge in [-0.1, -0.05) is 16.5 Å². The van der Waals surface area contributed by atoms with Crippen LogP contribution >= 0.6 is 0 Å². The van der Waals surface area contributed by atoms with Crippen molar-refractivity contribution in [2.24, 2.45) is 0 Å². The Morgan fingerprint density at radius 2 is 1.86 bits per heavy atom. The molecule has 0 amide bonds. The molecule has 0 radical (unpaired) electrons. The third kappa shape index (κ3) is 2.51. The van der Waals surface area contributed by atoms with Crippen LogP contribution in [0.3, 0.4) is 0 Å². The smallest absolute Gasteiger partial charge is 0.155 e. The Morgan fingerprint density at radius 3 is 1.86 bits per heavy atom. The number of thiol groups is 1. The summed E-state index contributed by atoms with van der Waals surface area (Å²) in [4.78, 5) is 0. The summed E-state index contributed by atoms with van der Waals surface area (Å²) in [5, 5.41) is -0.701. The minimum absolute atomic E-state index is 0.701. The molecule has 0 bridgehead atoms. The fourth-order valence-electron chi connectivity index (χ4n) is 0. The number of rotatable bonds is 1. The van der Waals surface area contributed by atoms with Crippen LogP contribution in [0.4, 0.5) is 4.39 Å². The Balaban J connectivity index is 4.09. The standard InChI is InChI=1S/C4H9FOS/c1-4(5)7(2,3)6/h7H,1H2,2-3H3. The highest BCUT2D eigenvalue weighted by atomic mass is 32.2. The first kappa shape index (κ1) is 6.82. The largest absolute Gasteiger partial charge is 0.279 e. The average Bonchev–Trinajstić information content (AvgIpc) is 1.31. The Kier molecular flexibility index (Phi) is 1.69. The lowest BCUT2D eigenvalue weighted by Gasteiger charge is -2.04. The zero-order valence-corrected chi connectivity index (χ0v) is 5.33. The SMILES string of the molecule is C=C(F)[SH](C)(C)=O. The van der Waals surface area contributed by atoms with E-state index in [-0.39, 0.29) is 0 Å². The number of hydrogen-bond donors (Lipinski definition) is 1. The van der Waals surface area contributed by atoms with Crippen LogP contribution < -0.4 is 0 Å². The quantitative estimate of drug-likeness (QED) is 0.509. The third-order valence-corrected chi connectivity index (χ3v) is 1.75. The van der Waals surface area contributed by atoms with Gasteiger partial charge in [0.2, 0.25) is 0 Å². The van der Waals surface area contributed by atoms with Gasteiger partial charge < -0.3 is 0 Å². The Labute approximate surface area is 43.7 Å². The first-order valence-corrected chi connectivity index (χ1v) is 4.44. The van der Waals surface area contributed by atoms with Crippen LogP contribution in [0.1, 0.15) is 0 Å². The summed E-state index contributed by atoms with van der Waals surface area (Å²) >= 11 is 0. The Bertz CT molecular complexity index is 124. The predicted octanol–water partition coefficient (Wildman–Crippen LogP) is 0.703. The molecule has 0 aromatic carbocycles. The first-order chi connectivity index (χ1) is 2.94. The maximum absolute atomic E-state index is 11.8. The topological polar surface area (TPSA) is 17.1 Å². The third-order valence-electron chi connectivity index (χ3n) is 0.584. The van der Waals surface area contributed by atoms with Gasteiger partial charge in [0.25, 0.3) is 0 Å². The first-order valence-electron chi connectivity index (χ1n) is 1.84. The Hall–Kier alpha value is -0.180. The predicted molar refractivity (Wildman–Crippen MR) is 31.6 cm³/mol. The van der Waals surface area contributed by atoms with E-state index in [2.05, 4.69) is 6.58 Å². The van der Waals surface area contributed by atoms with Crippen molar-refractivity contribution in [3.63, 3.8) is 0 Å². The molecule has 0 aliphatic carbocycles. The molecular formula is C4H9FOS. The van der Waals surface area contributed by atoms with Crippen molar-refractivity contribution in [2.45, 2.75) is 0 Å². The van der Waals surface area contributed by atoms with Crippen LogP contribution in [0.2, 0.25) is 0 Å². The zero-order valence-electron chi connectivity index (χ0n) is 4.44. The summed E-state index contributed by atoms with van der Waals surface area (Å²) in [5.74, 6) is 0. The van der Waals surface area contributed by atoms with Crippen molar-refractivity contribution >= 4 is 9.93 Å². The van der Waals surface area contributed by atoms with E-state index < -0.39 is 15.1 Å². The van der Waals surface area contributed by atoms with E-state index in [4.69, 9.17) is 0 Å². The van der Waals surface area contributed by atoms with E-state index in [1.165, 1.54) is 12.5 Å². The fourth-order valence-corrected chi connectivity index (χ4v) is 0. The van der Waals surface area contributed by atoms with Gasteiger partial charge in [-0.25, -0.2) is 0 Å². The van der Waals surface area contributed by atoms with Crippen molar-refractivity contribution in [3.05, 3.63) is 11.7 Å². The summed E-state index contributed by atoms with van der Waals surface area (Å²) in [5.41, 5.74) is 0. The molecule has 0 fully saturated rings. The molecule has 0 saturated carbocycles. The van der Waals surface area contributed by atoms with Gasteiger partial charge in [0.1, 0.15) is 0 Å². The van der Waals surface area contributed by atoms with Crippen LogP contribution in [0, 0.1) is 0 Å². The number of hydrogen-bond acceptors (Lipinski definition) is 1. The van der Waals surface area contributed by atoms with Crippen molar-refractivity contribution in [3.8, 4) is 0 Å². The molecule has 0 saturated heterocycles. The fraction of sp³-hybridized carbons (Fsp3) is 0.500. The van der Waals surface area contributed by atoms with Crippen molar-refractivity contribution in [1.29, 1.82) is 0 Å². The van der Waals surface area contributed by atoms with Crippen molar-refractivity contribution in [1.82, 2.24) is 0 Å². The van der Waals surface area contributed by atoms with Gasteiger partial charge in [0, 0.05) is 0 Å². The summed E-state index contributed by atoms with van der Waals surface area (Å²) in [6.45, 7) is 2.90. The van der Waals surface area contributed by atoms with Crippen molar-refractivity contribution < 1.29 is 8.60 Å². The van der Waals surface area contributed by atoms with Gasteiger partial charge in [-0.3, -0.25) is 4.21 Å². The summed E-state index contributed by atoms with van der Waals surface area (Å²) < 4.78 is 22.2. The lowest BCUT2D eigenvalue weighted by atomic mass is 11.2. The van der Waals surface area contributed by atoms with Crippen LogP contribution in [0.25, 0.3) is 0 Å². The maximum Gasteiger partial charge on any atom is 0.155 e.